The highest BCUT2D eigenvalue weighted by atomic mass is 16.4. The maximum Gasteiger partial charge on any atom is 0.326 e. The number of benzene rings is 1. The second kappa shape index (κ2) is 6.38. The highest BCUT2D eigenvalue weighted by molar-refractivity contribution is 5.82. The zero-order chi connectivity index (χ0) is 14.5. The van der Waals surface area contributed by atoms with Crippen LogP contribution in [0.15, 0.2) is 24.3 Å². The molecule has 0 fully saturated rings. The number of nitrogens with one attached hydrogen (secondary N) is 2. The zero-order valence-corrected chi connectivity index (χ0v) is 11.0. The van der Waals surface area contributed by atoms with Crippen LogP contribution in [0.25, 0.3) is 0 Å². The van der Waals surface area contributed by atoms with E-state index in [1.165, 1.54) is 11.1 Å². The number of fused-ring (bicyclic) bond motifs is 1. The number of carbonyl (C=O) groups is 2. The number of carboxylic acids is 1. The van der Waals surface area contributed by atoms with E-state index in [1.807, 2.05) is 18.2 Å². The van der Waals surface area contributed by atoms with E-state index in [-0.39, 0.29) is 18.9 Å². The third-order valence-electron chi connectivity index (χ3n) is 3.49. The van der Waals surface area contributed by atoms with Crippen LogP contribution in [-0.2, 0) is 11.2 Å². The standard InChI is InChI=1S/C14H18N2O4/c17-6-5-12(13(18)19)16-14(20)15-8-10-7-9-3-1-2-4-11(9)10/h1-4,10,12,17H,5-8H2,(H,18,19)(H2,15,16,20)/t10?,12-/m1/s1. The molecule has 0 aromatic heterocycles. The Balaban J connectivity index is 1.78. The second-order valence-corrected chi connectivity index (χ2v) is 4.86. The van der Waals surface area contributed by atoms with Crippen LogP contribution < -0.4 is 10.6 Å². The van der Waals surface area contributed by atoms with Gasteiger partial charge in [0.1, 0.15) is 6.04 Å². The molecule has 2 atom stereocenters. The molecule has 6 nitrogen and oxygen atoms in total. The van der Waals surface area contributed by atoms with Crippen molar-refractivity contribution in [2.45, 2.75) is 24.8 Å². The summed E-state index contributed by atoms with van der Waals surface area (Å²) in [6.45, 7) is 0.196. The lowest BCUT2D eigenvalue weighted by Gasteiger charge is -2.30. The van der Waals surface area contributed by atoms with Gasteiger partial charge in [0.2, 0.25) is 0 Å². The van der Waals surface area contributed by atoms with Crippen LogP contribution in [0, 0.1) is 0 Å². The van der Waals surface area contributed by atoms with E-state index in [1.54, 1.807) is 0 Å². The van der Waals surface area contributed by atoms with E-state index in [2.05, 4.69) is 16.7 Å². The normalized spacial score (nSPS) is 17.6. The van der Waals surface area contributed by atoms with Gasteiger partial charge in [-0.15, -0.1) is 0 Å². The number of aliphatic hydroxyl groups excluding tert-OH is 1. The van der Waals surface area contributed by atoms with Gasteiger partial charge in [0.15, 0.2) is 0 Å². The number of hydrogen-bond donors (Lipinski definition) is 4. The Hall–Kier alpha value is -2.08. The Morgan fingerprint density at radius 1 is 1.35 bits per heavy atom. The van der Waals surface area contributed by atoms with E-state index >= 15 is 0 Å². The third-order valence-corrected chi connectivity index (χ3v) is 3.49. The molecular formula is C14H18N2O4. The molecule has 0 bridgehead atoms. The summed E-state index contributed by atoms with van der Waals surface area (Å²) in [6.07, 6.45) is 0.921. The fourth-order valence-electron chi connectivity index (χ4n) is 2.36. The Morgan fingerprint density at radius 2 is 2.10 bits per heavy atom. The van der Waals surface area contributed by atoms with Gasteiger partial charge in [0.05, 0.1) is 0 Å². The van der Waals surface area contributed by atoms with E-state index in [0.29, 0.717) is 6.54 Å². The Morgan fingerprint density at radius 3 is 2.75 bits per heavy atom. The van der Waals surface area contributed by atoms with Crippen molar-refractivity contribution in [1.82, 2.24) is 10.6 Å². The lowest BCUT2D eigenvalue weighted by Crippen LogP contribution is -2.47. The number of rotatable bonds is 6. The van der Waals surface area contributed by atoms with Crippen LogP contribution in [0.3, 0.4) is 0 Å². The predicted molar refractivity (Wildman–Crippen MR) is 72.5 cm³/mol. The number of amides is 2. The lowest BCUT2D eigenvalue weighted by atomic mass is 9.78. The van der Waals surface area contributed by atoms with Crippen LogP contribution in [0.4, 0.5) is 4.79 Å². The van der Waals surface area contributed by atoms with Gasteiger partial charge in [0, 0.05) is 25.5 Å². The number of aliphatic hydroxyl groups is 1. The van der Waals surface area contributed by atoms with Gasteiger partial charge in [-0.2, -0.15) is 0 Å². The monoisotopic (exact) mass is 278 g/mol. The SMILES string of the molecule is O=C(NCC1Cc2ccccc21)N[C@H](CCO)C(=O)O. The molecule has 0 saturated heterocycles. The molecule has 1 aliphatic rings. The molecule has 20 heavy (non-hydrogen) atoms. The first-order valence-electron chi connectivity index (χ1n) is 6.57. The van der Waals surface area contributed by atoms with Gasteiger partial charge < -0.3 is 20.8 Å². The van der Waals surface area contributed by atoms with Crippen LogP contribution in [0.5, 0.6) is 0 Å². The number of aliphatic carboxylic acids is 1. The van der Waals surface area contributed by atoms with Crippen LogP contribution >= 0.6 is 0 Å². The van der Waals surface area contributed by atoms with E-state index < -0.39 is 18.0 Å². The molecule has 6 heteroatoms. The van der Waals surface area contributed by atoms with Crippen molar-refractivity contribution in [3.63, 3.8) is 0 Å². The summed E-state index contributed by atoms with van der Waals surface area (Å²) >= 11 is 0. The Labute approximate surface area is 116 Å². The molecule has 1 aromatic carbocycles. The van der Waals surface area contributed by atoms with E-state index in [4.69, 9.17) is 10.2 Å². The summed E-state index contributed by atoms with van der Waals surface area (Å²) in [4.78, 5) is 22.5. The summed E-state index contributed by atoms with van der Waals surface area (Å²) in [5.41, 5.74) is 2.53. The van der Waals surface area contributed by atoms with Gasteiger partial charge in [-0.1, -0.05) is 24.3 Å². The molecule has 0 radical (unpaired) electrons. The molecule has 2 rings (SSSR count). The van der Waals surface area contributed by atoms with Crippen molar-refractivity contribution in [2.24, 2.45) is 0 Å². The van der Waals surface area contributed by atoms with Crippen LogP contribution in [0.1, 0.15) is 23.5 Å². The predicted octanol–water partition coefficient (Wildman–Crippen LogP) is 0.461. The fraction of sp³-hybridized carbons (Fsp3) is 0.429. The molecule has 0 heterocycles. The molecule has 4 N–H and O–H groups in total. The molecule has 0 aliphatic heterocycles. The Kier molecular flexibility index (Phi) is 4.57. The number of carbonyl (C=O) groups excluding carboxylic acids is 1. The molecular weight excluding hydrogens is 260 g/mol. The molecule has 1 unspecified atom stereocenters. The molecule has 1 aliphatic carbocycles. The van der Waals surface area contributed by atoms with Crippen LogP contribution in [-0.4, -0.2) is 41.4 Å². The van der Waals surface area contributed by atoms with Crippen molar-refractivity contribution < 1.29 is 19.8 Å². The second-order valence-electron chi connectivity index (χ2n) is 4.86. The van der Waals surface area contributed by atoms with Gasteiger partial charge in [-0.05, 0) is 17.5 Å². The highest BCUT2D eigenvalue weighted by Gasteiger charge is 2.26. The van der Waals surface area contributed by atoms with Gasteiger partial charge in [-0.25, -0.2) is 9.59 Å². The maximum atomic E-state index is 11.6. The summed E-state index contributed by atoms with van der Waals surface area (Å²) in [7, 11) is 0. The number of hydrogen-bond acceptors (Lipinski definition) is 3. The first-order chi connectivity index (χ1) is 9.61. The maximum absolute atomic E-state index is 11.6. The van der Waals surface area contributed by atoms with Gasteiger partial charge in [0.25, 0.3) is 0 Å². The number of urea groups is 1. The van der Waals surface area contributed by atoms with Gasteiger partial charge in [-0.3, -0.25) is 0 Å². The van der Waals surface area contributed by atoms with Crippen LogP contribution in [0.2, 0.25) is 0 Å². The van der Waals surface area contributed by atoms with E-state index in [0.717, 1.165) is 6.42 Å². The smallest absolute Gasteiger partial charge is 0.326 e. The fourth-order valence-corrected chi connectivity index (χ4v) is 2.36. The molecule has 1 aromatic rings. The summed E-state index contributed by atoms with van der Waals surface area (Å²) in [5, 5.41) is 22.6. The third kappa shape index (κ3) is 3.27. The minimum Gasteiger partial charge on any atom is -0.480 e. The zero-order valence-electron chi connectivity index (χ0n) is 11.0. The number of carboxylic acid groups (broad SMARTS) is 1. The summed E-state index contributed by atoms with van der Waals surface area (Å²) < 4.78 is 0. The first-order valence-corrected chi connectivity index (χ1v) is 6.57. The molecule has 0 spiro atoms. The van der Waals surface area contributed by atoms with Gasteiger partial charge >= 0.3 is 12.0 Å². The van der Waals surface area contributed by atoms with E-state index in [9.17, 15) is 9.59 Å². The van der Waals surface area contributed by atoms with Crippen molar-refractivity contribution in [3.8, 4) is 0 Å². The summed E-state index contributed by atoms with van der Waals surface area (Å²) in [5.74, 6) is -0.860. The topological polar surface area (TPSA) is 98.7 Å². The average Bonchev–Trinajstić information content (AvgIpc) is 2.39. The van der Waals surface area contributed by atoms with Crippen molar-refractivity contribution in [3.05, 3.63) is 35.4 Å². The Bertz CT molecular complexity index is 504. The minimum atomic E-state index is -1.15. The molecule has 108 valence electrons. The van der Waals surface area contributed by atoms with Crippen molar-refractivity contribution in [2.75, 3.05) is 13.2 Å². The first kappa shape index (κ1) is 14.3. The lowest BCUT2D eigenvalue weighted by molar-refractivity contribution is -0.139. The van der Waals surface area contributed by atoms with Crippen molar-refractivity contribution in [1.29, 1.82) is 0 Å². The summed E-state index contributed by atoms with van der Waals surface area (Å²) in [6, 6.07) is 6.47. The average molecular weight is 278 g/mol. The molecule has 0 saturated carbocycles. The largest absolute Gasteiger partial charge is 0.480 e. The highest BCUT2D eigenvalue weighted by Crippen LogP contribution is 2.33. The minimum absolute atomic E-state index is 0.00495. The van der Waals surface area contributed by atoms with Crippen molar-refractivity contribution >= 4 is 12.0 Å². The quantitative estimate of drug-likeness (QED) is 0.607. The molecule has 2 amide bonds.